The van der Waals surface area contributed by atoms with Gasteiger partial charge < -0.3 is 4.74 Å². The number of ether oxygens (including phenoxy) is 1. The molecule has 0 spiro atoms. The molecule has 0 unspecified atom stereocenters. The normalized spacial score (nSPS) is 11.3. The summed E-state index contributed by atoms with van der Waals surface area (Å²) in [5.41, 5.74) is 0. The third-order valence-corrected chi connectivity index (χ3v) is 2.29. The molecule has 0 aliphatic rings. The van der Waals surface area contributed by atoms with Gasteiger partial charge in [-0.25, -0.2) is 0 Å². The first-order valence-electron chi connectivity index (χ1n) is 6.74. The van der Waals surface area contributed by atoms with Crippen LogP contribution in [0.1, 0.15) is 41.0 Å². The molecule has 0 bridgehead atoms. The first kappa shape index (κ1) is 17.1. The molecular weight excluding hydrogens is 230 g/mol. The largest absolute Gasteiger partial charge is 0.466 e. The van der Waals surface area contributed by atoms with Crippen LogP contribution in [0.15, 0.2) is 0 Å². The zero-order valence-corrected chi connectivity index (χ0v) is 12.4. The fraction of sp³-hybridized carbons (Fsp3) is 0.857. The molecule has 0 aliphatic heterocycles. The van der Waals surface area contributed by atoms with E-state index in [1.807, 2.05) is 0 Å². The van der Waals surface area contributed by atoms with Gasteiger partial charge in [0.05, 0.1) is 13.2 Å². The van der Waals surface area contributed by atoms with Gasteiger partial charge in [-0.05, 0) is 18.8 Å². The third kappa shape index (κ3) is 9.16. The summed E-state index contributed by atoms with van der Waals surface area (Å²) in [5, 5.41) is 0. The zero-order valence-electron chi connectivity index (χ0n) is 12.4. The van der Waals surface area contributed by atoms with Crippen molar-refractivity contribution in [3.8, 4) is 0 Å². The lowest BCUT2D eigenvalue weighted by Crippen LogP contribution is -2.36. The minimum Gasteiger partial charge on any atom is -0.466 e. The van der Waals surface area contributed by atoms with Gasteiger partial charge in [-0.3, -0.25) is 14.5 Å². The summed E-state index contributed by atoms with van der Waals surface area (Å²) in [7, 11) is 0. The van der Waals surface area contributed by atoms with Crippen molar-refractivity contribution in [3.63, 3.8) is 0 Å². The molecule has 0 radical (unpaired) electrons. The van der Waals surface area contributed by atoms with Crippen LogP contribution in [0, 0.1) is 11.8 Å². The van der Waals surface area contributed by atoms with E-state index in [-0.39, 0.29) is 12.2 Å². The lowest BCUT2D eigenvalue weighted by Gasteiger charge is -2.25. The minimum atomic E-state index is -0.420. The lowest BCUT2D eigenvalue weighted by atomic mass is 10.1. The Morgan fingerprint density at radius 3 is 1.94 bits per heavy atom. The second-order valence-electron chi connectivity index (χ2n) is 5.50. The fourth-order valence-corrected chi connectivity index (χ4v) is 1.91. The summed E-state index contributed by atoms with van der Waals surface area (Å²) >= 11 is 0. The maximum atomic E-state index is 11.8. The summed E-state index contributed by atoms with van der Waals surface area (Å²) in [6.45, 7) is 12.7. The van der Waals surface area contributed by atoms with Crippen LogP contribution in [-0.2, 0) is 14.3 Å². The third-order valence-electron chi connectivity index (χ3n) is 2.29. The Balaban J connectivity index is 4.21. The second kappa shape index (κ2) is 9.09. The van der Waals surface area contributed by atoms with Crippen LogP contribution < -0.4 is 0 Å². The van der Waals surface area contributed by atoms with Crippen LogP contribution in [0.4, 0.5) is 0 Å². The van der Waals surface area contributed by atoms with Gasteiger partial charge in [0.1, 0.15) is 6.42 Å². The summed E-state index contributed by atoms with van der Waals surface area (Å²) in [5.74, 6) is 0.546. The first-order chi connectivity index (χ1) is 8.35. The number of hydrogen-bond donors (Lipinski definition) is 0. The van der Waals surface area contributed by atoms with E-state index in [2.05, 4.69) is 32.6 Å². The second-order valence-corrected chi connectivity index (χ2v) is 5.50. The van der Waals surface area contributed by atoms with Crippen LogP contribution in [0.3, 0.4) is 0 Å². The maximum Gasteiger partial charge on any atom is 0.313 e. The Morgan fingerprint density at radius 1 is 1.06 bits per heavy atom. The van der Waals surface area contributed by atoms with Gasteiger partial charge in [-0.2, -0.15) is 0 Å². The molecule has 0 aromatic rings. The molecule has 0 atom stereocenters. The highest BCUT2D eigenvalue weighted by molar-refractivity contribution is 5.96. The molecule has 0 heterocycles. The van der Waals surface area contributed by atoms with E-state index >= 15 is 0 Å². The average Bonchev–Trinajstić information content (AvgIpc) is 2.14. The average molecular weight is 257 g/mol. The van der Waals surface area contributed by atoms with E-state index in [1.165, 1.54) is 0 Å². The molecule has 0 saturated heterocycles. The van der Waals surface area contributed by atoms with Crippen molar-refractivity contribution in [2.75, 3.05) is 26.2 Å². The van der Waals surface area contributed by atoms with Crippen LogP contribution in [-0.4, -0.2) is 42.9 Å². The Morgan fingerprint density at radius 2 is 1.56 bits per heavy atom. The molecule has 4 nitrogen and oxygen atoms in total. The van der Waals surface area contributed by atoms with Crippen molar-refractivity contribution in [2.24, 2.45) is 11.8 Å². The smallest absolute Gasteiger partial charge is 0.313 e. The molecule has 106 valence electrons. The highest BCUT2D eigenvalue weighted by Gasteiger charge is 2.16. The SMILES string of the molecule is CCOC(=O)CC(=O)CN(CC(C)C)CC(C)C. The van der Waals surface area contributed by atoms with Crippen LogP contribution in [0.2, 0.25) is 0 Å². The van der Waals surface area contributed by atoms with Crippen LogP contribution in [0.5, 0.6) is 0 Å². The topological polar surface area (TPSA) is 46.6 Å². The van der Waals surface area contributed by atoms with Crippen LogP contribution >= 0.6 is 0 Å². The number of Topliss-reactive ketones (excluding diaryl/α,β-unsaturated/α-hetero) is 1. The lowest BCUT2D eigenvalue weighted by molar-refractivity contribution is -0.145. The molecule has 18 heavy (non-hydrogen) atoms. The predicted molar refractivity (Wildman–Crippen MR) is 72.4 cm³/mol. The van der Waals surface area contributed by atoms with Crippen molar-refractivity contribution < 1.29 is 14.3 Å². The van der Waals surface area contributed by atoms with Crippen molar-refractivity contribution in [1.29, 1.82) is 0 Å². The van der Waals surface area contributed by atoms with E-state index in [0.29, 0.717) is 25.0 Å². The van der Waals surface area contributed by atoms with Gasteiger partial charge in [0.25, 0.3) is 0 Å². The molecule has 0 fully saturated rings. The zero-order chi connectivity index (χ0) is 14.1. The highest BCUT2D eigenvalue weighted by Crippen LogP contribution is 2.04. The molecule has 0 aliphatic carbocycles. The van der Waals surface area contributed by atoms with E-state index in [1.54, 1.807) is 6.92 Å². The van der Waals surface area contributed by atoms with E-state index in [9.17, 15) is 9.59 Å². The summed E-state index contributed by atoms with van der Waals surface area (Å²) in [6.07, 6.45) is -0.111. The van der Waals surface area contributed by atoms with Gasteiger partial charge in [0.15, 0.2) is 5.78 Å². The van der Waals surface area contributed by atoms with Crippen molar-refractivity contribution in [2.45, 2.75) is 41.0 Å². The Kier molecular flexibility index (Phi) is 8.63. The van der Waals surface area contributed by atoms with Crippen molar-refractivity contribution in [3.05, 3.63) is 0 Å². The summed E-state index contributed by atoms with van der Waals surface area (Å²) in [4.78, 5) is 25.1. The summed E-state index contributed by atoms with van der Waals surface area (Å²) < 4.78 is 4.78. The number of ketones is 1. The Labute approximate surface area is 111 Å². The van der Waals surface area contributed by atoms with E-state index < -0.39 is 5.97 Å². The predicted octanol–water partition coefficient (Wildman–Crippen LogP) is 2.12. The molecule has 0 amide bonds. The fourth-order valence-electron chi connectivity index (χ4n) is 1.91. The Bertz CT molecular complexity index is 252. The number of carbonyl (C=O) groups excluding carboxylic acids is 2. The number of carbonyl (C=O) groups is 2. The van der Waals surface area contributed by atoms with Gasteiger partial charge >= 0.3 is 5.97 Å². The molecule has 4 heteroatoms. The quantitative estimate of drug-likeness (QED) is 0.469. The van der Waals surface area contributed by atoms with Gasteiger partial charge in [-0.1, -0.05) is 27.7 Å². The Hall–Kier alpha value is -0.900. The minimum absolute atomic E-state index is 0.0604. The molecule has 0 rings (SSSR count). The number of esters is 1. The maximum absolute atomic E-state index is 11.8. The molecule has 0 saturated carbocycles. The standard InChI is InChI=1S/C14H27NO3/c1-6-18-14(17)7-13(16)10-15(8-11(2)3)9-12(4)5/h11-12H,6-10H2,1-5H3. The monoisotopic (exact) mass is 257 g/mol. The first-order valence-corrected chi connectivity index (χ1v) is 6.74. The number of rotatable bonds is 9. The van der Waals surface area contributed by atoms with Crippen molar-refractivity contribution in [1.82, 2.24) is 4.90 Å². The number of hydrogen-bond acceptors (Lipinski definition) is 4. The van der Waals surface area contributed by atoms with Crippen LogP contribution in [0.25, 0.3) is 0 Å². The molecule has 0 aromatic heterocycles. The number of nitrogens with zero attached hydrogens (tertiary/aromatic N) is 1. The highest BCUT2D eigenvalue weighted by atomic mass is 16.5. The molecular formula is C14H27NO3. The van der Waals surface area contributed by atoms with Gasteiger partial charge in [-0.15, -0.1) is 0 Å². The summed E-state index contributed by atoms with van der Waals surface area (Å²) in [6, 6.07) is 0. The van der Waals surface area contributed by atoms with Gasteiger partial charge in [0, 0.05) is 13.1 Å². The van der Waals surface area contributed by atoms with E-state index in [0.717, 1.165) is 13.1 Å². The van der Waals surface area contributed by atoms with Gasteiger partial charge in [0.2, 0.25) is 0 Å². The molecule has 0 N–H and O–H groups in total. The van der Waals surface area contributed by atoms with E-state index in [4.69, 9.17) is 4.74 Å². The molecule has 0 aromatic carbocycles. The van der Waals surface area contributed by atoms with Crippen molar-refractivity contribution >= 4 is 11.8 Å².